The predicted octanol–water partition coefficient (Wildman–Crippen LogP) is 21.8. The third-order valence-electron chi connectivity index (χ3n) is 25.0. The summed E-state index contributed by atoms with van der Waals surface area (Å²) < 4.78 is 67.1. The first-order valence-corrected chi connectivity index (χ1v) is 64.2. The Morgan fingerprint density at radius 3 is 0.599 bits per heavy atom. The summed E-state index contributed by atoms with van der Waals surface area (Å²) in [6.07, 6.45) is 43.7. The quantitative estimate of drug-likeness (QED) is 0.0336. The summed E-state index contributed by atoms with van der Waals surface area (Å²) in [7, 11) is 0. The molecule has 35 heteroatoms. The van der Waals surface area contributed by atoms with Gasteiger partial charge in [0.2, 0.25) is 0 Å². The molecule has 0 aromatic carbocycles. The number of esters is 12. The van der Waals surface area contributed by atoms with Crippen molar-refractivity contribution in [1.29, 1.82) is 0 Å². The van der Waals surface area contributed by atoms with E-state index in [0.717, 1.165) is 98.1 Å². The van der Waals surface area contributed by atoms with Gasteiger partial charge in [-0.1, -0.05) is 276 Å². The highest BCUT2D eigenvalue weighted by Crippen LogP contribution is 2.23. The lowest BCUT2D eigenvalue weighted by molar-refractivity contribution is -0.154. The number of carbonyl (C=O) groups is 12. The fraction of sp³-hybridized carbons (Fsp3) is 0.893. The topological polar surface area (TPSA) is 341 Å². The van der Waals surface area contributed by atoms with Crippen LogP contribution >= 0.6 is 70.6 Å². The molecular weight excluding hydrogens is 1990 g/mol. The second kappa shape index (κ2) is 106. The molecule has 0 fully saturated rings. The Hall–Kier alpha value is -4.46. The van der Waals surface area contributed by atoms with Crippen molar-refractivity contribution in [2.75, 3.05) is 240 Å². The maximum atomic E-state index is 13.9. The normalized spacial score (nSPS) is 12.7. The summed E-state index contributed by atoms with van der Waals surface area (Å²) >= 11 is 10.6. The number of carbonyl (C=O) groups excluding carboxylic acids is 12. The molecule has 0 aliphatic heterocycles. The van der Waals surface area contributed by atoms with E-state index in [1.807, 2.05) is 56.2 Å². The summed E-state index contributed by atoms with van der Waals surface area (Å²) in [6, 6.07) is 0. The van der Waals surface area contributed by atoms with Crippen LogP contribution in [0.4, 0.5) is 0 Å². The molecule has 29 nitrogen and oxygen atoms in total. The first kappa shape index (κ1) is 143. The smallest absolute Gasteiger partial charge is 0.309 e. The van der Waals surface area contributed by atoms with Gasteiger partial charge in [0, 0.05) is 127 Å². The molecule has 0 saturated carbocycles. The van der Waals surface area contributed by atoms with Crippen molar-refractivity contribution in [3.63, 3.8) is 0 Å². The molecule has 0 aromatic rings. The maximum Gasteiger partial charge on any atom is 0.309 e. The Morgan fingerprint density at radius 1 is 0.197 bits per heavy atom. The van der Waals surface area contributed by atoms with Gasteiger partial charge in [-0.25, -0.2) is 0 Å². The Bertz CT molecular complexity index is 3160. The minimum Gasteiger partial charge on any atom is -0.462 e. The molecule has 0 heterocycles. The van der Waals surface area contributed by atoms with Crippen LogP contribution in [0.2, 0.25) is 0 Å². The summed E-state index contributed by atoms with van der Waals surface area (Å²) in [4.78, 5) is 168. The first-order valence-electron chi connectivity index (χ1n) is 57.3. The first-order chi connectivity index (χ1) is 71.3. The van der Waals surface area contributed by atoms with E-state index < -0.39 is 35.8 Å². The highest BCUT2D eigenvalue weighted by molar-refractivity contribution is 8.00. The molecule has 147 heavy (non-hydrogen) atoms. The van der Waals surface area contributed by atoms with Gasteiger partial charge < -0.3 is 81.8 Å². The molecule has 0 aliphatic carbocycles. The van der Waals surface area contributed by atoms with Crippen molar-refractivity contribution in [3.05, 3.63) is 0 Å². The lowest BCUT2D eigenvalue weighted by Gasteiger charge is -2.31. The number of thioether (sulfide) groups is 6. The van der Waals surface area contributed by atoms with Gasteiger partial charge >= 0.3 is 71.6 Å². The van der Waals surface area contributed by atoms with E-state index in [1.54, 1.807) is 58.8 Å². The van der Waals surface area contributed by atoms with Crippen LogP contribution in [0.15, 0.2) is 0 Å². The highest BCUT2D eigenvalue weighted by atomic mass is 32.2. The number of ether oxygens (including phenoxy) is 12. The summed E-state index contributed by atoms with van der Waals surface area (Å²) in [5.41, 5.74) is 0. The molecule has 0 spiro atoms. The molecule has 0 rings (SSSR count). The van der Waals surface area contributed by atoms with Crippen molar-refractivity contribution in [3.8, 4) is 0 Å². The standard InChI is InChI=1S/C112H207N5O24S6/c1-13-19-25-31-37-43-83-142-89-95(7)49-50-101(118)130-71-72-132-105(122)54-61-115(64-58-113-57-51-102(119)131-73-78-137-108(125)96(8)90-143-84-44-38-32-26-20-14-2)66-68-117(63-56-107(124)136-77-82-141-112(129)100(12)94-147-88-48-42-36-30-24-18-6)70-69-116(62-55-106(123)135-76-81-140-111(128)99(11)93-146-87-47-41-35-29-23-17-5)67-65-114(59-52-103(120)133-74-79-138-109(126)97(9)91-144-85-45-39-33-27-21-15-3)60-53-104(121)134-75-80-139-110(127)98(10)92-145-86-46-40-34-28-22-16-4/h95-100,113H,13-94H2,1-12H3. The number of nitrogens with one attached hydrogen (secondary N) is 1. The van der Waals surface area contributed by atoms with Crippen molar-refractivity contribution in [2.24, 2.45) is 35.5 Å². The average Bonchev–Trinajstić information content (AvgIpc) is 0.912. The minimum atomic E-state index is -0.562. The van der Waals surface area contributed by atoms with E-state index in [1.165, 1.54) is 173 Å². The van der Waals surface area contributed by atoms with Crippen molar-refractivity contribution in [1.82, 2.24) is 24.9 Å². The molecule has 6 unspecified atom stereocenters. The van der Waals surface area contributed by atoms with Crippen LogP contribution in [0, 0.1) is 35.5 Å². The molecule has 6 atom stereocenters. The van der Waals surface area contributed by atoms with E-state index in [-0.39, 0.29) is 249 Å². The van der Waals surface area contributed by atoms with Crippen LogP contribution < -0.4 is 5.32 Å². The van der Waals surface area contributed by atoms with Gasteiger partial charge in [-0.3, -0.25) is 57.5 Å². The minimum absolute atomic E-state index is 0.0211. The van der Waals surface area contributed by atoms with E-state index in [2.05, 4.69) is 63.6 Å². The van der Waals surface area contributed by atoms with Crippen LogP contribution in [-0.4, -0.2) is 331 Å². The molecule has 0 saturated heterocycles. The lowest BCUT2D eigenvalue weighted by atomic mass is 10.1. The van der Waals surface area contributed by atoms with Gasteiger partial charge in [0.1, 0.15) is 79.3 Å². The summed E-state index contributed by atoms with van der Waals surface area (Å²) in [5.74, 6) is 3.25. The van der Waals surface area contributed by atoms with Crippen molar-refractivity contribution >= 4 is 142 Å². The van der Waals surface area contributed by atoms with E-state index in [4.69, 9.17) is 56.8 Å². The fourth-order valence-corrected chi connectivity index (χ4v) is 21.8. The highest BCUT2D eigenvalue weighted by Gasteiger charge is 2.25. The van der Waals surface area contributed by atoms with Gasteiger partial charge in [0.25, 0.3) is 0 Å². The molecular formula is C112H207N5O24S6. The Kier molecular flexibility index (Phi) is 103. The maximum absolute atomic E-state index is 13.9. The van der Waals surface area contributed by atoms with Gasteiger partial charge in [-0.15, -0.1) is 0 Å². The van der Waals surface area contributed by atoms with E-state index in [9.17, 15) is 57.5 Å². The van der Waals surface area contributed by atoms with E-state index >= 15 is 0 Å². The molecule has 1 N–H and O–H groups in total. The monoisotopic (exact) mass is 2200 g/mol. The Balaban J connectivity index is 7.43. The molecule has 0 aromatic heterocycles. The van der Waals surface area contributed by atoms with Crippen LogP contribution in [-0.2, 0) is 114 Å². The zero-order chi connectivity index (χ0) is 108. The third kappa shape index (κ3) is 94.8. The molecule has 0 amide bonds. The molecule has 0 bridgehead atoms. The fourth-order valence-electron chi connectivity index (χ4n) is 15.3. The van der Waals surface area contributed by atoms with E-state index in [0.29, 0.717) is 73.8 Å². The Labute approximate surface area is 916 Å². The number of rotatable bonds is 110. The van der Waals surface area contributed by atoms with Crippen LogP contribution in [0.1, 0.15) is 366 Å². The second-order valence-electron chi connectivity index (χ2n) is 39.2. The third-order valence-corrected chi connectivity index (χ3v) is 32.9. The average molecular weight is 2200 g/mol. The van der Waals surface area contributed by atoms with Gasteiger partial charge in [-0.05, 0) is 91.1 Å². The van der Waals surface area contributed by atoms with Gasteiger partial charge in [-0.2, -0.15) is 70.6 Å². The predicted molar refractivity (Wildman–Crippen MR) is 606 cm³/mol. The van der Waals surface area contributed by atoms with Gasteiger partial charge in [0.05, 0.1) is 68.1 Å². The summed E-state index contributed by atoms with van der Waals surface area (Å²) in [6.45, 7) is 26.5. The van der Waals surface area contributed by atoms with Gasteiger partial charge in [0.15, 0.2) is 0 Å². The zero-order valence-corrected chi connectivity index (χ0v) is 98.9. The van der Waals surface area contributed by atoms with Crippen LogP contribution in [0.3, 0.4) is 0 Å². The molecule has 0 radical (unpaired) electrons. The lowest BCUT2D eigenvalue weighted by Crippen LogP contribution is -2.44. The zero-order valence-electron chi connectivity index (χ0n) is 94.0. The van der Waals surface area contributed by atoms with Crippen molar-refractivity contribution < 1.29 is 114 Å². The number of unbranched alkanes of at least 4 members (excludes halogenated alkanes) is 30. The largest absolute Gasteiger partial charge is 0.462 e. The second-order valence-corrected chi connectivity index (χ2v) is 46.1. The number of hydrogen-bond acceptors (Lipinski definition) is 35. The number of hydrogen-bond donors (Lipinski definition) is 1. The molecule has 860 valence electrons. The van der Waals surface area contributed by atoms with Crippen LogP contribution in [0.5, 0.6) is 0 Å². The number of nitrogens with zero attached hydrogens (tertiary/aromatic N) is 4. The van der Waals surface area contributed by atoms with Crippen molar-refractivity contribution in [2.45, 2.75) is 366 Å². The SMILES string of the molecule is CCCCCCCCSCC(C)CCC(=O)OCCOC(=O)CCN(CCNCCC(=O)OCCOC(=O)C(C)CSCCCCCCCC)CCN(CCC(=O)OCCOC(=O)C(C)CSCCCCCCCC)CCN(CCC(=O)OCCOC(=O)C(C)CSCCCCCCCC)CCN(CCC(=O)OCCOC(=O)C(C)CSCCCCCCCC)CCC(=O)OCCOC(=O)C(C)CSCCCCCCCC. The molecule has 0 aliphatic rings. The summed E-state index contributed by atoms with van der Waals surface area (Å²) in [5, 5.41) is 3.34. The van der Waals surface area contributed by atoms with Crippen LogP contribution in [0.25, 0.3) is 0 Å². The Morgan fingerprint density at radius 2 is 0.374 bits per heavy atom.